The molecule has 0 saturated carbocycles. The molecule has 102 valence electrons. The second-order valence-corrected chi connectivity index (χ2v) is 5.43. The van der Waals surface area contributed by atoms with Crippen LogP contribution >= 0.6 is 0 Å². The molecule has 1 aliphatic rings. The molecule has 2 rings (SSSR count). The molecule has 2 unspecified atom stereocenters. The van der Waals surface area contributed by atoms with Gasteiger partial charge in [0, 0.05) is 18.5 Å². The average molecular weight is 252 g/mol. The van der Waals surface area contributed by atoms with Gasteiger partial charge in [0.05, 0.1) is 6.04 Å². The fourth-order valence-electron chi connectivity index (χ4n) is 2.53. The first-order valence-corrected chi connectivity index (χ1v) is 6.87. The van der Waals surface area contributed by atoms with Crippen LogP contribution in [-0.2, 0) is 6.42 Å². The maximum absolute atomic E-state index is 5.44. The van der Waals surface area contributed by atoms with E-state index < -0.39 is 0 Å². The first-order chi connectivity index (χ1) is 8.61. The Morgan fingerprint density at radius 1 is 1.44 bits per heavy atom. The SMILES string of the molecule is CNC(C)Cc1noc(C2CCCN2C(C)C)n1. The monoisotopic (exact) mass is 252 g/mol. The molecule has 5 nitrogen and oxygen atoms in total. The second-order valence-electron chi connectivity index (χ2n) is 5.43. The molecule has 1 aromatic rings. The second kappa shape index (κ2) is 5.80. The summed E-state index contributed by atoms with van der Waals surface area (Å²) in [7, 11) is 1.95. The van der Waals surface area contributed by atoms with Crippen LogP contribution in [0.5, 0.6) is 0 Å². The normalized spacial score (nSPS) is 22.8. The topological polar surface area (TPSA) is 54.2 Å². The predicted molar refractivity (Wildman–Crippen MR) is 70.3 cm³/mol. The molecule has 2 heterocycles. The zero-order valence-corrected chi connectivity index (χ0v) is 11.8. The van der Waals surface area contributed by atoms with Crippen LogP contribution in [0.2, 0.25) is 0 Å². The highest BCUT2D eigenvalue weighted by atomic mass is 16.5. The number of likely N-dealkylation sites (N-methyl/N-ethyl adjacent to an activating group) is 1. The summed E-state index contributed by atoms with van der Waals surface area (Å²) >= 11 is 0. The van der Waals surface area contributed by atoms with Gasteiger partial charge in [-0.2, -0.15) is 4.98 Å². The first-order valence-electron chi connectivity index (χ1n) is 6.87. The molecule has 0 amide bonds. The van der Waals surface area contributed by atoms with E-state index in [-0.39, 0.29) is 0 Å². The van der Waals surface area contributed by atoms with Crippen molar-refractivity contribution in [3.8, 4) is 0 Å². The largest absolute Gasteiger partial charge is 0.338 e. The summed E-state index contributed by atoms with van der Waals surface area (Å²) in [4.78, 5) is 7.00. The van der Waals surface area contributed by atoms with Crippen molar-refractivity contribution in [2.75, 3.05) is 13.6 Å². The lowest BCUT2D eigenvalue weighted by molar-refractivity contribution is 0.170. The summed E-state index contributed by atoms with van der Waals surface area (Å²) in [5.41, 5.74) is 0. The number of likely N-dealkylation sites (tertiary alicyclic amines) is 1. The van der Waals surface area contributed by atoms with E-state index in [9.17, 15) is 0 Å². The van der Waals surface area contributed by atoms with Gasteiger partial charge in [-0.15, -0.1) is 0 Å². The molecular formula is C13H24N4O. The number of hydrogen-bond acceptors (Lipinski definition) is 5. The van der Waals surface area contributed by atoms with Crippen LogP contribution in [0, 0.1) is 0 Å². The van der Waals surface area contributed by atoms with E-state index in [0.29, 0.717) is 18.1 Å². The lowest BCUT2D eigenvalue weighted by atomic mass is 10.2. The Labute approximate surface area is 109 Å². The van der Waals surface area contributed by atoms with Gasteiger partial charge in [0.2, 0.25) is 5.89 Å². The van der Waals surface area contributed by atoms with Crippen molar-refractivity contribution in [3.05, 3.63) is 11.7 Å². The third-order valence-corrected chi connectivity index (χ3v) is 3.71. The molecule has 1 saturated heterocycles. The minimum Gasteiger partial charge on any atom is -0.338 e. The van der Waals surface area contributed by atoms with Crippen molar-refractivity contribution in [3.63, 3.8) is 0 Å². The molecule has 0 spiro atoms. The minimum atomic E-state index is 0.316. The number of aromatic nitrogens is 2. The van der Waals surface area contributed by atoms with Crippen molar-refractivity contribution in [2.45, 2.75) is 58.2 Å². The molecule has 18 heavy (non-hydrogen) atoms. The molecule has 1 N–H and O–H groups in total. The Bertz CT molecular complexity index is 377. The minimum absolute atomic E-state index is 0.316. The van der Waals surface area contributed by atoms with Gasteiger partial charge in [0.1, 0.15) is 0 Å². The molecule has 0 radical (unpaired) electrons. The lowest BCUT2D eigenvalue weighted by Crippen LogP contribution is -2.30. The van der Waals surface area contributed by atoms with E-state index in [1.165, 1.54) is 6.42 Å². The fraction of sp³-hybridized carbons (Fsp3) is 0.846. The predicted octanol–water partition coefficient (Wildman–Crippen LogP) is 1.77. The molecule has 0 bridgehead atoms. The van der Waals surface area contributed by atoms with Gasteiger partial charge in [0.25, 0.3) is 0 Å². The van der Waals surface area contributed by atoms with Crippen LogP contribution in [0.1, 0.15) is 51.4 Å². The van der Waals surface area contributed by atoms with Crippen molar-refractivity contribution in [2.24, 2.45) is 0 Å². The van der Waals surface area contributed by atoms with E-state index in [4.69, 9.17) is 4.52 Å². The number of nitrogens with one attached hydrogen (secondary N) is 1. The van der Waals surface area contributed by atoms with E-state index in [0.717, 1.165) is 31.1 Å². The van der Waals surface area contributed by atoms with Gasteiger partial charge in [-0.25, -0.2) is 0 Å². The van der Waals surface area contributed by atoms with Crippen LogP contribution in [0.25, 0.3) is 0 Å². The van der Waals surface area contributed by atoms with Crippen molar-refractivity contribution < 1.29 is 4.52 Å². The first kappa shape index (κ1) is 13.5. The molecule has 0 aliphatic carbocycles. The van der Waals surface area contributed by atoms with Gasteiger partial charge < -0.3 is 9.84 Å². The Balaban J connectivity index is 2.05. The van der Waals surface area contributed by atoms with Gasteiger partial charge in [-0.3, -0.25) is 4.90 Å². The standard InChI is InChI=1S/C13H24N4O/c1-9(2)17-7-5-6-11(17)13-15-12(16-18-13)8-10(3)14-4/h9-11,14H,5-8H2,1-4H3. The van der Waals surface area contributed by atoms with Crippen LogP contribution in [-0.4, -0.2) is 40.7 Å². The Kier molecular flexibility index (Phi) is 4.35. The quantitative estimate of drug-likeness (QED) is 0.865. The zero-order chi connectivity index (χ0) is 13.1. The van der Waals surface area contributed by atoms with E-state index in [1.54, 1.807) is 0 Å². The van der Waals surface area contributed by atoms with Gasteiger partial charge in [-0.1, -0.05) is 5.16 Å². The molecule has 1 aliphatic heterocycles. The molecule has 1 fully saturated rings. The lowest BCUT2D eigenvalue weighted by Gasteiger charge is -2.25. The summed E-state index contributed by atoms with van der Waals surface area (Å²) in [5, 5.41) is 7.28. The summed E-state index contributed by atoms with van der Waals surface area (Å²) in [6, 6.07) is 1.22. The Hall–Kier alpha value is -0.940. The van der Waals surface area contributed by atoms with Crippen molar-refractivity contribution in [1.29, 1.82) is 0 Å². The van der Waals surface area contributed by atoms with Crippen LogP contribution in [0.3, 0.4) is 0 Å². The van der Waals surface area contributed by atoms with Gasteiger partial charge in [0.15, 0.2) is 5.82 Å². The Morgan fingerprint density at radius 2 is 2.22 bits per heavy atom. The highest BCUT2D eigenvalue weighted by Crippen LogP contribution is 2.32. The summed E-state index contributed by atoms with van der Waals surface area (Å²) < 4.78 is 5.44. The number of nitrogens with zero attached hydrogens (tertiary/aromatic N) is 3. The molecular weight excluding hydrogens is 228 g/mol. The molecule has 5 heteroatoms. The van der Waals surface area contributed by atoms with E-state index >= 15 is 0 Å². The van der Waals surface area contributed by atoms with E-state index in [1.807, 2.05) is 7.05 Å². The smallest absolute Gasteiger partial charge is 0.244 e. The Morgan fingerprint density at radius 3 is 2.89 bits per heavy atom. The number of hydrogen-bond donors (Lipinski definition) is 1. The molecule has 2 atom stereocenters. The van der Waals surface area contributed by atoms with Gasteiger partial charge >= 0.3 is 0 Å². The highest BCUT2D eigenvalue weighted by Gasteiger charge is 2.32. The van der Waals surface area contributed by atoms with Crippen LogP contribution in [0.15, 0.2) is 4.52 Å². The third kappa shape index (κ3) is 2.90. The molecule has 1 aromatic heterocycles. The van der Waals surface area contributed by atoms with Gasteiger partial charge in [-0.05, 0) is 47.2 Å². The summed E-state index contributed by atoms with van der Waals surface area (Å²) in [5.74, 6) is 1.60. The maximum atomic E-state index is 5.44. The summed E-state index contributed by atoms with van der Waals surface area (Å²) in [6.45, 7) is 7.69. The summed E-state index contributed by atoms with van der Waals surface area (Å²) in [6.07, 6.45) is 3.16. The average Bonchev–Trinajstić information content (AvgIpc) is 2.95. The van der Waals surface area contributed by atoms with Crippen LogP contribution in [0.4, 0.5) is 0 Å². The van der Waals surface area contributed by atoms with Crippen molar-refractivity contribution in [1.82, 2.24) is 20.4 Å². The van der Waals surface area contributed by atoms with Crippen LogP contribution < -0.4 is 5.32 Å². The highest BCUT2D eigenvalue weighted by molar-refractivity contribution is 4.98. The molecule has 0 aromatic carbocycles. The number of rotatable bonds is 5. The third-order valence-electron chi connectivity index (χ3n) is 3.71. The van der Waals surface area contributed by atoms with E-state index in [2.05, 4.69) is 41.1 Å². The zero-order valence-electron chi connectivity index (χ0n) is 11.8. The maximum Gasteiger partial charge on any atom is 0.244 e. The van der Waals surface area contributed by atoms with Crippen molar-refractivity contribution >= 4 is 0 Å². The fourth-order valence-corrected chi connectivity index (χ4v) is 2.53.